The van der Waals surface area contributed by atoms with Crippen molar-refractivity contribution in [2.75, 3.05) is 5.32 Å². The monoisotopic (exact) mass is 257 g/mol. The van der Waals surface area contributed by atoms with E-state index in [1.165, 1.54) is 26.0 Å². The molecule has 0 aromatic heterocycles. The second kappa shape index (κ2) is 5.54. The van der Waals surface area contributed by atoms with Gasteiger partial charge in [-0.1, -0.05) is 11.6 Å². The lowest BCUT2D eigenvalue weighted by Crippen LogP contribution is -2.23. The van der Waals surface area contributed by atoms with E-state index in [2.05, 4.69) is 5.32 Å². The molecule has 2 N–H and O–H groups in total. The molecule has 0 unspecified atom stereocenters. The number of aliphatic carboxylic acids is 1. The molecule has 17 heavy (non-hydrogen) atoms. The molecule has 0 saturated carbocycles. The third kappa shape index (κ3) is 3.96. The lowest BCUT2D eigenvalue weighted by Gasteiger charge is -2.12. The Bertz CT molecular complexity index is 447. The lowest BCUT2D eigenvalue weighted by atomic mass is 10.3. The highest BCUT2D eigenvalue weighted by Gasteiger charge is 2.14. The van der Waals surface area contributed by atoms with Crippen LogP contribution in [0.2, 0.25) is 5.02 Å². The van der Waals surface area contributed by atoms with Crippen LogP contribution >= 0.6 is 11.6 Å². The van der Waals surface area contributed by atoms with Gasteiger partial charge in [-0.15, -0.1) is 0 Å². The van der Waals surface area contributed by atoms with E-state index in [-0.39, 0.29) is 16.7 Å². The quantitative estimate of drug-likeness (QED) is 0.867. The highest BCUT2D eigenvalue weighted by atomic mass is 35.5. The average Bonchev–Trinajstić information content (AvgIpc) is 2.20. The molecule has 0 saturated heterocycles. The van der Waals surface area contributed by atoms with Crippen LogP contribution in [0.4, 0.5) is 5.69 Å². The Kier molecular flexibility index (Phi) is 4.34. The van der Waals surface area contributed by atoms with Crippen LogP contribution in [0.3, 0.4) is 0 Å². The maximum Gasteiger partial charge on any atom is 0.344 e. The summed E-state index contributed by atoms with van der Waals surface area (Å²) in [6, 6.07) is 4.58. The molecule has 0 bridgehead atoms. The van der Waals surface area contributed by atoms with E-state index in [1.54, 1.807) is 6.07 Å². The highest BCUT2D eigenvalue weighted by Crippen LogP contribution is 2.28. The van der Waals surface area contributed by atoms with Gasteiger partial charge in [0.1, 0.15) is 5.75 Å². The molecule has 0 aliphatic heterocycles. The summed E-state index contributed by atoms with van der Waals surface area (Å²) >= 11 is 5.89. The van der Waals surface area contributed by atoms with Crippen molar-refractivity contribution in [1.82, 2.24) is 0 Å². The largest absolute Gasteiger partial charge is 0.479 e. The van der Waals surface area contributed by atoms with E-state index in [4.69, 9.17) is 21.4 Å². The number of carboxylic acids is 1. The molecule has 1 aromatic rings. The van der Waals surface area contributed by atoms with Crippen LogP contribution in [0.5, 0.6) is 5.75 Å². The summed E-state index contributed by atoms with van der Waals surface area (Å²) in [5.41, 5.74) is 0.526. The third-order valence-corrected chi connectivity index (χ3v) is 2.20. The van der Waals surface area contributed by atoms with Crippen LogP contribution in [0.25, 0.3) is 0 Å². The van der Waals surface area contributed by atoms with Crippen molar-refractivity contribution in [2.45, 2.75) is 20.0 Å². The molecule has 6 heteroatoms. The van der Waals surface area contributed by atoms with Crippen LogP contribution < -0.4 is 10.1 Å². The SMILES string of the molecule is CC(=O)Nc1ccc(O[C@@H](C)C(=O)O)c(Cl)c1. The minimum absolute atomic E-state index is 0.214. The molecular weight excluding hydrogens is 246 g/mol. The first-order valence-electron chi connectivity index (χ1n) is 4.86. The highest BCUT2D eigenvalue weighted by molar-refractivity contribution is 6.32. The lowest BCUT2D eigenvalue weighted by molar-refractivity contribution is -0.144. The number of hydrogen-bond donors (Lipinski definition) is 2. The number of benzene rings is 1. The Labute approximate surface area is 103 Å². The molecule has 5 nitrogen and oxygen atoms in total. The van der Waals surface area contributed by atoms with E-state index in [1.807, 2.05) is 0 Å². The Morgan fingerprint density at radius 2 is 2.12 bits per heavy atom. The molecule has 0 heterocycles. The molecule has 0 radical (unpaired) electrons. The van der Waals surface area contributed by atoms with Crippen molar-refractivity contribution >= 4 is 29.2 Å². The van der Waals surface area contributed by atoms with Gasteiger partial charge in [-0.25, -0.2) is 4.79 Å². The van der Waals surface area contributed by atoms with Crippen LogP contribution in [0.1, 0.15) is 13.8 Å². The maximum atomic E-state index is 10.8. The fraction of sp³-hybridized carbons (Fsp3) is 0.273. The molecule has 1 amide bonds. The van der Waals surface area contributed by atoms with E-state index < -0.39 is 12.1 Å². The second-order valence-electron chi connectivity index (χ2n) is 3.42. The molecule has 0 spiro atoms. The number of carbonyl (C=O) groups is 2. The van der Waals surface area contributed by atoms with Gasteiger partial charge >= 0.3 is 5.97 Å². The van der Waals surface area contributed by atoms with Crippen molar-refractivity contribution in [2.24, 2.45) is 0 Å². The van der Waals surface area contributed by atoms with Crippen molar-refractivity contribution in [3.63, 3.8) is 0 Å². The Morgan fingerprint density at radius 1 is 1.47 bits per heavy atom. The summed E-state index contributed by atoms with van der Waals surface area (Å²) in [7, 11) is 0. The number of ether oxygens (including phenoxy) is 1. The van der Waals surface area contributed by atoms with Gasteiger partial charge in [-0.2, -0.15) is 0 Å². The fourth-order valence-electron chi connectivity index (χ4n) is 1.12. The molecule has 92 valence electrons. The smallest absolute Gasteiger partial charge is 0.344 e. The summed E-state index contributed by atoms with van der Waals surface area (Å²) in [5.74, 6) is -1.03. The van der Waals surface area contributed by atoms with E-state index in [0.29, 0.717) is 5.69 Å². The standard InChI is InChI=1S/C11H12ClNO4/c1-6(11(15)16)17-10-4-3-8(5-9(10)12)13-7(2)14/h3-6H,1-2H3,(H,13,14)(H,15,16)/t6-/m0/s1. The van der Waals surface area contributed by atoms with Crippen molar-refractivity contribution in [3.05, 3.63) is 23.2 Å². The normalized spacial score (nSPS) is 11.7. The first-order valence-corrected chi connectivity index (χ1v) is 5.24. The molecular formula is C11H12ClNO4. The summed E-state index contributed by atoms with van der Waals surface area (Å²) in [4.78, 5) is 21.4. The van der Waals surface area contributed by atoms with Crippen LogP contribution in [-0.2, 0) is 9.59 Å². The minimum atomic E-state index is -1.08. The van der Waals surface area contributed by atoms with Gasteiger partial charge in [0.05, 0.1) is 5.02 Å². The van der Waals surface area contributed by atoms with Crippen molar-refractivity contribution in [3.8, 4) is 5.75 Å². The van der Waals surface area contributed by atoms with E-state index in [9.17, 15) is 9.59 Å². The number of hydrogen-bond acceptors (Lipinski definition) is 3. The Balaban J connectivity index is 2.82. The number of rotatable bonds is 4. The number of carbonyl (C=O) groups excluding carboxylic acids is 1. The number of anilines is 1. The van der Waals surface area contributed by atoms with Crippen LogP contribution in [0, 0.1) is 0 Å². The zero-order valence-electron chi connectivity index (χ0n) is 9.36. The molecule has 0 aliphatic carbocycles. The Hall–Kier alpha value is -1.75. The van der Waals surface area contributed by atoms with Gasteiger partial charge in [0.2, 0.25) is 5.91 Å². The third-order valence-electron chi connectivity index (χ3n) is 1.90. The molecule has 1 rings (SSSR count). The predicted octanol–water partition coefficient (Wildman–Crippen LogP) is 2.15. The summed E-state index contributed by atoms with van der Waals surface area (Å²) in [6.45, 7) is 2.78. The molecule has 0 fully saturated rings. The topological polar surface area (TPSA) is 75.6 Å². The summed E-state index contributed by atoms with van der Waals surface area (Å²) < 4.78 is 5.12. The van der Waals surface area contributed by atoms with E-state index in [0.717, 1.165) is 0 Å². The zero-order valence-corrected chi connectivity index (χ0v) is 10.1. The Morgan fingerprint density at radius 3 is 2.59 bits per heavy atom. The first kappa shape index (κ1) is 13.3. The van der Waals surface area contributed by atoms with Gasteiger partial charge in [-0.3, -0.25) is 4.79 Å². The number of nitrogens with one attached hydrogen (secondary N) is 1. The zero-order chi connectivity index (χ0) is 13.0. The van der Waals surface area contributed by atoms with Gasteiger partial charge < -0.3 is 15.2 Å². The van der Waals surface area contributed by atoms with Gasteiger partial charge in [-0.05, 0) is 25.1 Å². The summed E-state index contributed by atoms with van der Waals surface area (Å²) in [5, 5.41) is 11.5. The average molecular weight is 258 g/mol. The number of amides is 1. The van der Waals surface area contributed by atoms with Crippen molar-refractivity contribution in [1.29, 1.82) is 0 Å². The van der Waals surface area contributed by atoms with Gasteiger partial charge in [0.25, 0.3) is 0 Å². The van der Waals surface area contributed by atoms with Gasteiger partial charge in [0, 0.05) is 12.6 Å². The second-order valence-corrected chi connectivity index (χ2v) is 3.83. The van der Waals surface area contributed by atoms with Gasteiger partial charge in [0.15, 0.2) is 6.10 Å². The number of carboxylic acid groups (broad SMARTS) is 1. The van der Waals surface area contributed by atoms with Crippen molar-refractivity contribution < 1.29 is 19.4 Å². The molecule has 1 aromatic carbocycles. The molecule has 1 atom stereocenters. The maximum absolute atomic E-state index is 10.8. The first-order chi connectivity index (χ1) is 7.90. The predicted molar refractivity (Wildman–Crippen MR) is 63.5 cm³/mol. The van der Waals surface area contributed by atoms with Crippen LogP contribution in [0.15, 0.2) is 18.2 Å². The summed E-state index contributed by atoms with van der Waals surface area (Å²) in [6.07, 6.45) is -0.987. The van der Waals surface area contributed by atoms with Crippen LogP contribution in [-0.4, -0.2) is 23.1 Å². The fourth-order valence-corrected chi connectivity index (χ4v) is 1.34. The molecule has 0 aliphatic rings. The number of halogens is 1. The van der Waals surface area contributed by atoms with E-state index >= 15 is 0 Å². The minimum Gasteiger partial charge on any atom is -0.479 e.